The number of hydrogen-bond donors (Lipinski definition) is 0. The van der Waals surface area contributed by atoms with Crippen LogP contribution in [0.2, 0.25) is 0 Å². The molecule has 0 spiro atoms. The molecule has 44 heavy (non-hydrogen) atoms. The van der Waals surface area contributed by atoms with E-state index in [1.807, 2.05) is 73.7 Å². The number of hydrogen-bond acceptors (Lipinski definition) is 6. The van der Waals surface area contributed by atoms with E-state index in [1.54, 1.807) is 31.0 Å². The van der Waals surface area contributed by atoms with E-state index in [-0.39, 0.29) is 17.2 Å². The molecule has 0 amide bonds. The number of aromatic nitrogens is 1. The molecule has 3 heterocycles. The Bertz CT molecular complexity index is 2060. The van der Waals surface area contributed by atoms with Crippen molar-refractivity contribution in [2.45, 2.75) is 6.92 Å². The Hall–Kier alpha value is -5.94. The number of fused-ring (bicyclic) bond motifs is 1. The van der Waals surface area contributed by atoms with E-state index in [4.69, 9.17) is 13.9 Å². The Balaban J connectivity index is 1.50. The number of carbonyl (C=O) groups is 1. The second kappa shape index (κ2) is 11.7. The van der Waals surface area contributed by atoms with Crippen molar-refractivity contribution in [3.8, 4) is 40.0 Å². The summed E-state index contributed by atoms with van der Waals surface area (Å²) in [6.07, 6.45) is 3.41. The number of carbonyl (C=O) groups excluding carboxylic acids is 1. The monoisotopic (exact) mass is 583 g/mol. The highest BCUT2D eigenvalue weighted by atomic mass is 19.1. The van der Waals surface area contributed by atoms with Gasteiger partial charge in [0.05, 0.1) is 25.4 Å². The normalized spacial score (nSPS) is 11.2. The van der Waals surface area contributed by atoms with Gasteiger partial charge in [-0.2, -0.15) is 5.26 Å². The number of aliphatic imine (C=N–C) groups is 1. The second-order valence-electron chi connectivity index (χ2n) is 9.99. The lowest BCUT2D eigenvalue weighted by Gasteiger charge is -2.06. The van der Waals surface area contributed by atoms with E-state index in [0.717, 1.165) is 16.6 Å². The Morgan fingerprint density at radius 1 is 0.909 bits per heavy atom. The summed E-state index contributed by atoms with van der Waals surface area (Å²) in [5.41, 5.74) is 5.29. The van der Waals surface area contributed by atoms with Gasteiger partial charge in [0.1, 0.15) is 34.7 Å². The average Bonchev–Trinajstić information content (AvgIpc) is 3.57. The van der Waals surface area contributed by atoms with Crippen molar-refractivity contribution < 1.29 is 23.1 Å². The fraction of sp³-hybridized carbons (Fsp3) is 0.0833. The predicted octanol–water partition coefficient (Wildman–Crippen LogP) is 8.18. The first-order valence-electron chi connectivity index (χ1n) is 13.7. The van der Waals surface area contributed by atoms with Crippen LogP contribution in [0.1, 0.15) is 32.7 Å². The van der Waals surface area contributed by atoms with Gasteiger partial charge in [-0.1, -0.05) is 18.2 Å². The van der Waals surface area contributed by atoms with E-state index in [1.165, 1.54) is 24.3 Å². The third-order valence-corrected chi connectivity index (χ3v) is 7.50. The molecule has 0 saturated carbocycles. The summed E-state index contributed by atoms with van der Waals surface area (Å²) >= 11 is 0. The molecule has 0 radical (unpaired) electrons. The summed E-state index contributed by atoms with van der Waals surface area (Å²) in [5.74, 6) is 1.31. The van der Waals surface area contributed by atoms with Crippen LogP contribution in [0, 0.1) is 24.1 Å². The number of rotatable bonds is 8. The fourth-order valence-electron chi connectivity index (χ4n) is 5.25. The standard InChI is InChI=1S/C36H26FN3O4/c1-22-30(31-6-4-5-19-40(31)33(22)34(41)24-7-13-26(37)14-8-24)21-39-36-29(20-38)32(23-9-15-27(42-2)16-10-23)35(44-36)25-11-17-28(43-3)18-12-25/h4-19,21H,1-3H3. The van der Waals surface area contributed by atoms with Gasteiger partial charge in [-0.05, 0) is 90.8 Å². The number of ketones is 1. The molecule has 0 fully saturated rings. The van der Waals surface area contributed by atoms with Gasteiger partial charge in [0.2, 0.25) is 11.7 Å². The molecule has 8 heteroatoms. The van der Waals surface area contributed by atoms with Gasteiger partial charge in [0.15, 0.2) is 0 Å². The first-order valence-corrected chi connectivity index (χ1v) is 13.7. The molecule has 6 aromatic rings. The molecular formula is C36H26FN3O4. The largest absolute Gasteiger partial charge is 0.497 e. The molecule has 0 aliphatic heterocycles. The lowest BCUT2D eigenvalue weighted by Crippen LogP contribution is -2.07. The van der Waals surface area contributed by atoms with Crippen molar-refractivity contribution in [3.05, 3.63) is 131 Å². The molecule has 0 N–H and O–H groups in total. The van der Waals surface area contributed by atoms with Crippen LogP contribution in [-0.2, 0) is 0 Å². The SMILES string of the molecule is COc1ccc(-c2oc(N=Cc3c(C)c(C(=O)c4ccc(F)cc4)n4ccccc34)c(C#N)c2-c2ccc(OC)cc2)cc1. The molecule has 216 valence electrons. The second-order valence-corrected chi connectivity index (χ2v) is 9.99. The molecule has 0 saturated heterocycles. The molecule has 0 unspecified atom stereocenters. The highest BCUT2D eigenvalue weighted by Crippen LogP contribution is 2.43. The number of ether oxygens (including phenoxy) is 2. The first-order chi connectivity index (χ1) is 21.4. The summed E-state index contributed by atoms with van der Waals surface area (Å²) in [7, 11) is 3.19. The van der Waals surface area contributed by atoms with Crippen molar-refractivity contribution in [1.82, 2.24) is 4.40 Å². The summed E-state index contributed by atoms with van der Waals surface area (Å²) in [6, 6.07) is 28.1. The number of halogens is 1. The first kappa shape index (κ1) is 28.2. The number of nitriles is 1. The third kappa shape index (κ3) is 5.01. The lowest BCUT2D eigenvalue weighted by atomic mass is 9.98. The van der Waals surface area contributed by atoms with E-state index in [9.17, 15) is 14.4 Å². The Kier molecular flexibility index (Phi) is 7.52. The van der Waals surface area contributed by atoms with Crippen molar-refractivity contribution in [3.63, 3.8) is 0 Å². The predicted molar refractivity (Wildman–Crippen MR) is 167 cm³/mol. The highest BCUT2D eigenvalue weighted by molar-refractivity contribution is 6.12. The zero-order chi connectivity index (χ0) is 30.8. The molecule has 6 rings (SSSR count). The minimum Gasteiger partial charge on any atom is -0.497 e. The lowest BCUT2D eigenvalue weighted by molar-refractivity contribution is 0.103. The van der Waals surface area contributed by atoms with Gasteiger partial charge < -0.3 is 18.3 Å². The van der Waals surface area contributed by atoms with E-state index in [0.29, 0.717) is 45.2 Å². The molecule has 0 aliphatic carbocycles. The van der Waals surface area contributed by atoms with Gasteiger partial charge in [0, 0.05) is 34.7 Å². The number of pyridine rings is 1. The maximum atomic E-state index is 13.6. The molecular weight excluding hydrogens is 557 g/mol. The molecule has 0 aliphatic rings. The van der Waals surface area contributed by atoms with Gasteiger partial charge in [-0.25, -0.2) is 9.38 Å². The smallest absolute Gasteiger partial charge is 0.238 e. The van der Waals surface area contributed by atoms with Crippen LogP contribution in [0.4, 0.5) is 10.3 Å². The van der Waals surface area contributed by atoms with Crippen LogP contribution in [0.15, 0.2) is 107 Å². The van der Waals surface area contributed by atoms with E-state index < -0.39 is 5.82 Å². The quantitative estimate of drug-likeness (QED) is 0.133. The van der Waals surface area contributed by atoms with Crippen LogP contribution in [0.25, 0.3) is 28.0 Å². The van der Waals surface area contributed by atoms with Crippen molar-refractivity contribution in [2.24, 2.45) is 4.99 Å². The van der Waals surface area contributed by atoms with Gasteiger partial charge in [-0.15, -0.1) is 0 Å². The number of benzene rings is 3. The summed E-state index contributed by atoms with van der Waals surface area (Å²) in [4.78, 5) is 18.2. The molecule has 0 atom stereocenters. The average molecular weight is 584 g/mol. The Morgan fingerprint density at radius 3 is 2.16 bits per heavy atom. The minimum atomic E-state index is -0.416. The number of nitrogens with zero attached hydrogens (tertiary/aromatic N) is 3. The maximum Gasteiger partial charge on any atom is 0.238 e. The summed E-state index contributed by atoms with van der Waals surface area (Å²) in [6.45, 7) is 1.84. The Labute approximate surface area is 253 Å². The van der Waals surface area contributed by atoms with Gasteiger partial charge in [-0.3, -0.25) is 4.79 Å². The van der Waals surface area contributed by atoms with Crippen molar-refractivity contribution in [2.75, 3.05) is 14.2 Å². The molecule has 7 nitrogen and oxygen atoms in total. The topological polar surface area (TPSA) is 89.2 Å². The fourth-order valence-corrected chi connectivity index (χ4v) is 5.25. The zero-order valence-corrected chi connectivity index (χ0v) is 24.2. The van der Waals surface area contributed by atoms with E-state index in [2.05, 4.69) is 11.1 Å². The minimum absolute atomic E-state index is 0.130. The van der Waals surface area contributed by atoms with Crippen molar-refractivity contribution in [1.29, 1.82) is 5.26 Å². The van der Waals surface area contributed by atoms with Gasteiger partial charge in [0.25, 0.3) is 0 Å². The zero-order valence-electron chi connectivity index (χ0n) is 24.2. The summed E-state index contributed by atoms with van der Waals surface area (Å²) < 4.78 is 32.3. The number of furan rings is 1. The number of methoxy groups -OCH3 is 2. The molecule has 3 aromatic heterocycles. The van der Waals surface area contributed by atoms with Crippen LogP contribution < -0.4 is 9.47 Å². The third-order valence-electron chi connectivity index (χ3n) is 7.50. The molecule has 3 aromatic carbocycles. The van der Waals surface area contributed by atoms with Crippen LogP contribution in [0.5, 0.6) is 11.5 Å². The summed E-state index contributed by atoms with van der Waals surface area (Å²) in [5, 5.41) is 10.3. The van der Waals surface area contributed by atoms with Crippen LogP contribution >= 0.6 is 0 Å². The maximum absolute atomic E-state index is 13.6. The van der Waals surface area contributed by atoms with E-state index >= 15 is 0 Å². The highest BCUT2D eigenvalue weighted by Gasteiger charge is 2.24. The molecule has 0 bridgehead atoms. The van der Waals surface area contributed by atoms with Crippen LogP contribution in [-0.4, -0.2) is 30.6 Å². The van der Waals surface area contributed by atoms with Gasteiger partial charge >= 0.3 is 0 Å². The van der Waals surface area contributed by atoms with Crippen molar-refractivity contribution >= 4 is 23.4 Å². The van der Waals surface area contributed by atoms with Crippen LogP contribution in [0.3, 0.4) is 0 Å². The Morgan fingerprint density at radius 2 is 1.55 bits per heavy atom.